The van der Waals surface area contributed by atoms with Gasteiger partial charge in [-0.15, -0.1) is 0 Å². The quantitative estimate of drug-likeness (QED) is 0.107. The SMILES string of the molecule is CCCCCCCCCCCCCCCCCCOC[C@H](CO)OCc1cncc(S(C)(=O)=O)c1.CS(=O)[O-].[Na+]. The van der Waals surface area contributed by atoms with Gasteiger partial charge in [0, 0.05) is 25.3 Å². The number of sulfone groups is 1. The second-order valence-electron chi connectivity index (χ2n) is 10.2. The molecule has 1 rings (SSSR count). The first kappa shape index (κ1) is 42.2. The summed E-state index contributed by atoms with van der Waals surface area (Å²) in [4.78, 5) is 4.12. The number of hydrogen-bond acceptors (Lipinski definition) is 8. The second-order valence-corrected chi connectivity index (χ2v) is 13.0. The van der Waals surface area contributed by atoms with Crippen molar-refractivity contribution in [1.82, 2.24) is 4.98 Å². The van der Waals surface area contributed by atoms with Crippen LogP contribution in [0.3, 0.4) is 0 Å². The van der Waals surface area contributed by atoms with Crippen LogP contribution in [-0.4, -0.2) is 65.7 Å². The van der Waals surface area contributed by atoms with Crippen LogP contribution in [0.15, 0.2) is 23.4 Å². The Morgan fingerprint density at radius 3 is 1.77 bits per heavy atom. The van der Waals surface area contributed by atoms with Gasteiger partial charge in [-0.3, -0.25) is 9.19 Å². The Balaban J connectivity index is 0. The van der Waals surface area contributed by atoms with Gasteiger partial charge in [-0.25, -0.2) is 8.42 Å². The standard InChI is InChI=1S/C28H51NO5S.CH4O2S.Na/c1-3-4-5-6-7-8-9-10-11-12-13-14-15-16-17-18-19-33-25-27(23-30)34-24-26-20-28(22-29-21-26)35(2,31)32;1-4(2)3;/h20-22,27,30H,3-19,23-25H2,1-2H3;1H3,(H,2,3);/q;;+1/p-1/t27-;;/m0../s1. The smallest absolute Gasteiger partial charge is 0.773 e. The third-order valence-electron chi connectivity index (χ3n) is 6.33. The van der Waals surface area contributed by atoms with Crippen molar-refractivity contribution in [3.05, 3.63) is 24.0 Å². The molecule has 40 heavy (non-hydrogen) atoms. The summed E-state index contributed by atoms with van der Waals surface area (Å²) in [6.45, 7) is 3.32. The zero-order chi connectivity index (χ0) is 29.2. The van der Waals surface area contributed by atoms with Crippen LogP contribution in [0.1, 0.15) is 115 Å². The summed E-state index contributed by atoms with van der Waals surface area (Å²) in [7, 11) is -3.30. The molecular formula is C29H54NNaO7S2. The van der Waals surface area contributed by atoms with Crippen molar-refractivity contribution in [1.29, 1.82) is 0 Å². The van der Waals surface area contributed by atoms with Crippen LogP contribution >= 0.6 is 0 Å². The number of nitrogens with zero attached hydrogens (tertiary/aromatic N) is 1. The molecule has 11 heteroatoms. The minimum atomic E-state index is -3.30. The normalized spacial score (nSPS) is 12.7. The van der Waals surface area contributed by atoms with E-state index in [4.69, 9.17) is 18.2 Å². The number of ether oxygens (including phenoxy) is 2. The van der Waals surface area contributed by atoms with Crippen molar-refractivity contribution >= 4 is 20.9 Å². The third-order valence-corrected chi connectivity index (χ3v) is 7.41. The summed E-state index contributed by atoms with van der Waals surface area (Å²) < 4.78 is 52.6. The van der Waals surface area contributed by atoms with Crippen LogP contribution in [0.5, 0.6) is 0 Å². The molecule has 0 aliphatic rings. The van der Waals surface area contributed by atoms with Crippen molar-refractivity contribution in [3.8, 4) is 0 Å². The molecule has 1 unspecified atom stereocenters. The molecule has 8 nitrogen and oxygen atoms in total. The Hall–Kier alpha value is 0.0900. The molecule has 0 aliphatic carbocycles. The van der Waals surface area contributed by atoms with Crippen LogP contribution in [0.2, 0.25) is 0 Å². The molecule has 0 fully saturated rings. The van der Waals surface area contributed by atoms with Crippen molar-refractivity contribution in [3.63, 3.8) is 0 Å². The maximum Gasteiger partial charge on any atom is 1.00 e. The number of aliphatic hydroxyl groups excluding tert-OH is 1. The van der Waals surface area contributed by atoms with Crippen LogP contribution in [0.4, 0.5) is 0 Å². The minimum absolute atomic E-state index is 0. The summed E-state index contributed by atoms with van der Waals surface area (Å²) >= 11 is -1.86. The number of hydrogen-bond donors (Lipinski definition) is 1. The monoisotopic (exact) mass is 615 g/mol. The molecule has 0 saturated heterocycles. The maximum atomic E-state index is 11.6. The van der Waals surface area contributed by atoms with Gasteiger partial charge in [-0.05, 0) is 24.3 Å². The first-order chi connectivity index (χ1) is 18.7. The molecule has 0 amide bonds. The van der Waals surface area contributed by atoms with E-state index in [-0.39, 0.29) is 47.7 Å². The van der Waals surface area contributed by atoms with Gasteiger partial charge in [0.05, 0.1) is 24.7 Å². The molecule has 0 radical (unpaired) electrons. The summed E-state index contributed by atoms with van der Waals surface area (Å²) in [5, 5.41) is 9.51. The van der Waals surface area contributed by atoms with Gasteiger partial charge >= 0.3 is 29.6 Å². The number of rotatable bonds is 24. The van der Waals surface area contributed by atoms with Gasteiger partial charge in [-0.2, -0.15) is 0 Å². The zero-order valence-electron chi connectivity index (χ0n) is 25.6. The van der Waals surface area contributed by atoms with Gasteiger partial charge < -0.3 is 19.1 Å². The predicted octanol–water partition coefficient (Wildman–Crippen LogP) is 3.14. The van der Waals surface area contributed by atoms with Crippen LogP contribution in [0.25, 0.3) is 0 Å². The number of pyridine rings is 1. The average Bonchev–Trinajstić information content (AvgIpc) is 2.89. The fraction of sp³-hybridized carbons (Fsp3) is 0.828. The van der Waals surface area contributed by atoms with Crippen LogP contribution in [-0.2, 0) is 37.0 Å². The van der Waals surface area contributed by atoms with E-state index in [0.717, 1.165) is 18.9 Å². The number of unbranched alkanes of at least 4 members (excludes halogenated alkanes) is 15. The molecule has 0 bridgehead atoms. The fourth-order valence-electron chi connectivity index (χ4n) is 4.08. The first-order valence-electron chi connectivity index (χ1n) is 14.7. The molecule has 0 aromatic carbocycles. The maximum absolute atomic E-state index is 11.6. The Labute approximate surface area is 269 Å². The molecule has 1 aromatic rings. The molecule has 2 atom stereocenters. The predicted molar refractivity (Wildman–Crippen MR) is 158 cm³/mol. The molecule has 230 valence electrons. The fourth-order valence-corrected chi connectivity index (χ4v) is 4.70. The van der Waals surface area contributed by atoms with Gasteiger partial charge in [0.2, 0.25) is 0 Å². The van der Waals surface area contributed by atoms with Gasteiger partial charge in [0.25, 0.3) is 0 Å². The van der Waals surface area contributed by atoms with Crippen molar-refractivity contribution in [2.45, 2.75) is 127 Å². The molecular weight excluding hydrogens is 561 g/mol. The van der Waals surface area contributed by atoms with E-state index >= 15 is 0 Å². The zero-order valence-corrected chi connectivity index (χ0v) is 29.2. The molecule has 1 N–H and O–H groups in total. The summed E-state index contributed by atoms with van der Waals surface area (Å²) in [6, 6.07) is 1.55. The van der Waals surface area contributed by atoms with E-state index < -0.39 is 27.0 Å². The van der Waals surface area contributed by atoms with E-state index in [9.17, 15) is 13.5 Å². The van der Waals surface area contributed by atoms with E-state index in [1.54, 1.807) is 12.3 Å². The second kappa shape index (κ2) is 29.2. The number of aromatic nitrogens is 1. The van der Waals surface area contributed by atoms with E-state index in [1.807, 2.05) is 0 Å². The average molecular weight is 616 g/mol. The Kier molecular flexibility index (Phi) is 30.8. The summed E-state index contributed by atoms with van der Waals surface area (Å²) in [5.41, 5.74) is 0.657. The Morgan fingerprint density at radius 2 is 1.35 bits per heavy atom. The van der Waals surface area contributed by atoms with Crippen molar-refractivity contribution in [2.75, 3.05) is 32.3 Å². The van der Waals surface area contributed by atoms with E-state index in [0.29, 0.717) is 18.8 Å². The first-order valence-corrected chi connectivity index (χ1v) is 18.0. The van der Waals surface area contributed by atoms with Crippen LogP contribution in [0, 0.1) is 0 Å². The molecule has 1 heterocycles. The van der Waals surface area contributed by atoms with E-state index in [2.05, 4.69) is 11.9 Å². The summed E-state index contributed by atoms with van der Waals surface area (Å²) in [5.74, 6) is 0. The minimum Gasteiger partial charge on any atom is -0.773 e. The van der Waals surface area contributed by atoms with Gasteiger partial charge in [0.15, 0.2) is 9.84 Å². The van der Waals surface area contributed by atoms with Crippen molar-refractivity contribution in [2.24, 2.45) is 0 Å². The van der Waals surface area contributed by atoms with Gasteiger partial charge in [-0.1, -0.05) is 114 Å². The van der Waals surface area contributed by atoms with E-state index in [1.165, 1.54) is 103 Å². The van der Waals surface area contributed by atoms with Crippen LogP contribution < -0.4 is 29.6 Å². The number of aliphatic hydroxyl groups is 1. The van der Waals surface area contributed by atoms with Crippen molar-refractivity contribution < 1.29 is 61.3 Å². The Morgan fingerprint density at radius 1 is 0.900 bits per heavy atom. The molecule has 0 spiro atoms. The topological polar surface area (TPSA) is 126 Å². The third kappa shape index (κ3) is 28.2. The Bertz CT molecular complexity index is 824. The molecule has 1 aromatic heterocycles. The molecule has 0 saturated carbocycles. The molecule has 0 aliphatic heterocycles. The van der Waals surface area contributed by atoms with Gasteiger partial charge in [0.1, 0.15) is 6.10 Å². The largest absolute Gasteiger partial charge is 1.00 e. The summed E-state index contributed by atoms with van der Waals surface area (Å²) in [6.07, 6.45) is 26.2.